The number of nitrogens with zero attached hydrogens (tertiary/aromatic N) is 3. The first kappa shape index (κ1) is 17.7. The van der Waals surface area contributed by atoms with Crippen molar-refractivity contribution in [1.29, 1.82) is 0 Å². The Morgan fingerprint density at radius 2 is 1.96 bits per heavy atom. The number of rotatable bonds is 4. The average Bonchev–Trinajstić information content (AvgIpc) is 3.03. The van der Waals surface area contributed by atoms with Gasteiger partial charge in [0.05, 0.1) is 27.6 Å². The molecule has 1 unspecified atom stereocenters. The maximum Gasteiger partial charge on any atom is 0.206 e. The van der Waals surface area contributed by atoms with Crippen molar-refractivity contribution < 1.29 is 5.11 Å². The minimum atomic E-state index is 0.226. The summed E-state index contributed by atoms with van der Waals surface area (Å²) in [7, 11) is 0. The molecule has 0 saturated carbocycles. The first-order valence-corrected chi connectivity index (χ1v) is 9.66. The van der Waals surface area contributed by atoms with Crippen molar-refractivity contribution in [2.75, 3.05) is 24.6 Å². The zero-order valence-electron chi connectivity index (χ0n) is 14.4. The molecule has 136 valence electrons. The molecule has 2 heterocycles. The quantitative estimate of drug-likeness (QED) is 0.708. The van der Waals surface area contributed by atoms with Crippen LogP contribution in [0.15, 0.2) is 42.5 Å². The van der Waals surface area contributed by atoms with Crippen LogP contribution in [0.4, 0.5) is 5.95 Å². The molecule has 4 rings (SSSR count). The molecule has 2 aromatic carbocycles. The number of hydrogen-bond donors (Lipinski definition) is 1. The molecule has 6 heteroatoms. The normalized spacial score (nSPS) is 17.8. The number of fused-ring (bicyclic) bond motifs is 1. The lowest BCUT2D eigenvalue weighted by atomic mass is 9.99. The Bertz CT molecular complexity index is 925. The molecule has 26 heavy (non-hydrogen) atoms. The van der Waals surface area contributed by atoms with Gasteiger partial charge in [0.2, 0.25) is 5.95 Å². The Morgan fingerprint density at radius 3 is 2.77 bits per heavy atom. The molecule has 1 aliphatic heterocycles. The minimum Gasteiger partial charge on any atom is -0.396 e. The van der Waals surface area contributed by atoms with Gasteiger partial charge in [-0.2, -0.15) is 0 Å². The molecule has 0 radical (unpaired) electrons. The molecule has 0 spiro atoms. The van der Waals surface area contributed by atoms with Crippen LogP contribution in [0, 0.1) is 5.92 Å². The second-order valence-corrected chi connectivity index (χ2v) is 7.69. The van der Waals surface area contributed by atoms with Gasteiger partial charge in [-0.05, 0) is 48.6 Å². The molecule has 1 fully saturated rings. The van der Waals surface area contributed by atoms with Crippen molar-refractivity contribution >= 4 is 40.2 Å². The second-order valence-electron chi connectivity index (χ2n) is 6.87. The summed E-state index contributed by atoms with van der Waals surface area (Å²) in [5, 5.41) is 10.7. The fraction of sp³-hybridized carbons (Fsp3) is 0.350. The van der Waals surface area contributed by atoms with Gasteiger partial charge in [0.15, 0.2) is 0 Å². The Hall–Kier alpha value is -1.75. The summed E-state index contributed by atoms with van der Waals surface area (Å²) in [5.74, 6) is 1.26. The summed E-state index contributed by atoms with van der Waals surface area (Å²) in [4.78, 5) is 7.18. The van der Waals surface area contributed by atoms with E-state index in [0.717, 1.165) is 48.5 Å². The molecule has 1 atom stereocenters. The number of piperidine rings is 1. The highest BCUT2D eigenvalue weighted by Crippen LogP contribution is 2.29. The van der Waals surface area contributed by atoms with E-state index >= 15 is 0 Å². The highest BCUT2D eigenvalue weighted by molar-refractivity contribution is 6.42. The summed E-state index contributed by atoms with van der Waals surface area (Å²) in [5.41, 5.74) is 3.16. The lowest BCUT2D eigenvalue weighted by molar-refractivity contribution is 0.208. The van der Waals surface area contributed by atoms with Crippen LogP contribution >= 0.6 is 23.2 Å². The van der Waals surface area contributed by atoms with Gasteiger partial charge < -0.3 is 14.6 Å². The monoisotopic (exact) mass is 389 g/mol. The zero-order valence-corrected chi connectivity index (χ0v) is 15.9. The van der Waals surface area contributed by atoms with Gasteiger partial charge in [0, 0.05) is 19.7 Å². The third kappa shape index (κ3) is 3.41. The average molecular weight is 390 g/mol. The largest absolute Gasteiger partial charge is 0.396 e. The zero-order chi connectivity index (χ0) is 18.1. The standard InChI is InChI=1S/C20H21Cl2N3O/c21-16-8-7-14(10-17(16)22)12-25-19-6-2-1-5-18(19)23-20(25)24-9-3-4-15(11-24)13-26/h1-2,5-8,10,15,26H,3-4,9,11-13H2. The van der Waals surface area contributed by atoms with Crippen molar-refractivity contribution in [1.82, 2.24) is 9.55 Å². The first-order chi connectivity index (χ1) is 12.7. The third-order valence-electron chi connectivity index (χ3n) is 5.02. The molecule has 3 aromatic rings. The van der Waals surface area contributed by atoms with Crippen LogP contribution in [0.3, 0.4) is 0 Å². The summed E-state index contributed by atoms with van der Waals surface area (Å²) in [6.45, 7) is 2.69. The molecular formula is C20H21Cl2N3O. The van der Waals surface area contributed by atoms with Gasteiger partial charge in [-0.3, -0.25) is 0 Å². The van der Waals surface area contributed by atoms with E-state index < -0.39 is 0 Å². The predicted octanol–water partition coefficient (Wildman–Crippen LogP) is 4.60. The van der Waals surface area contributed by atoms with E-state index in [4.69, 9.17) is 28.2 Å². The number of hydrogen-bond acceptors (Lipinski definition) is 3. The van der Waals surface area contributed by atoms with E-state index in [1.165, 1.54) is 0 Å². The maximum atomic E-state index is 9.58. The molecule has 1 N–H and O–H groups in total. The molecule has 1 aromatic heterocycles. The van der Waals surface area contributed by atoms with E-state index in [9.17, 15) is 5.11 Å². The number of imidazole rings is 1. The fourth-order valence-electron chi connectivity index (χ4n) is 3.68. The third-order valence-corrected chi connectivity index (χ3v) is 5.76. The van der Waals surface area contributed by atoms with Gasteiger partial charge in [0.25, 0.3) is 0 Å². The molecule has 0 aliphatic carbocycles. The van der Waals surface area contributed by atoms with Crippen molar-refractivity contribution in [2.45, 2.75) is 19.4 Å². The Balaban J connectivity index is 1.75. The molecule has 0 bridgehead atoms. The van der Waals surface area contributed by atoms with Crippen molar-refractivity contribution in [3.63, 3.8) is 0 Å². The molecule has 1 aliphatic rings. The van der Waals surface area contributed by atoms with E-state index in [1.54, 1.807) is 0 Å². The van der Waals surface area contributed by atoms with E-state index in [0.29, 0.717) is 22.5 Å². The van der Waals surface area contributed by atoms with Gasteiger partial charge >= 0.3 is 0 Å². The predicted molar refractivity (Wildman–Crippen MR) is 107 cm³/mol. The van der Waals surface area contributed by atoms with Crippen molar-refractivity contribution in [3.05, 3.63) is 58.1 Å². The molecule has 4 nitrogen and oxygen atoms in total. The number of aliphatic hydroxyl groups is 1. The topological polar surface area (TPSA) is 41.3 Å². The smallest absolute Gasteiger partial charge is 0.206 e. The van der Waals surface area contributed by atoms with Gasteiger partial charge in [-0.25, -0.2) is 4.98 Å². The molecule has 1 saturated heterocycles. The number of anilines is 1. The van der Waals surface area contributed by atoms with Crippen LogP contribution in [-0.2, 0) is 6.54 Å². The SMILES string of the molecule is OCC1CCCN(c2nc3ccccc3n2Cc2ccc(Cl)c(Cl)c2)C1. The number of aliphatic hydroxyl groups excluding tert-OH is 1. The van der Waals surface area contributed by atoms with Crippen LogP contribution in [-0.4, -0.2) is 34.4 Å². The van der Waals surface area contributed by atoms with E-state index in [2.05, 4.69) is 15.5 Å². The summed E-state index contributed by atoms with van der Waals surface area (Å²) < 4.78 is 2.23. The van der Waals surface area contributed by atoms with E-state index in [1.807, 2.05) is 36.4 Å². The van der Waals surface area contributed by atoms with Gasteiger partial charge in [0.1, 0.15) is 0 Å². The Kier molecular flexibility index (Phi) is 5.07. The number of para-hydroxylation sites is 2. The van der Waals surface area contributed by atoms with Crippen molar-refractivity contribution in [3.8, 4) is 0 Å². The van der Waals surface area contributed by atoms with Gasteiger partial charge in [-0.15, -0.1) is 0 Å². The minimum absolute atomic E-state index is 0.226. The summed E-state index contributed by atoms with van der Waals surface area (Å²) in [6, 6.07) is 13.9. The lowest BCUT2D eigenvalue weighted by Gasteiger charge is -2.33. The fourth-order valence-corrected chi connectivity index (χ4v) is 4.00. The van der Waals surface area contributed by atoms with Crippen LogP contribution < -0.4 is 4.90 Å². The number of halogens is 2. The number of aromatic nitrogens is 2. The summed E-state index contributed by atoms with van der Waals surface area (Å²) >= 11 is 12.3. The first-order valence-electron chi connectivity index (χ1n) is 8.90. The van der Waals surface area contributed by atoms with Crippen LogP contribution in [0.1, 0.15) is 18.4 Å². The highest BCUT2D eigenvalue weighted by atomic mass is 35.5. The van der Waals surface area contributed by atoms with Gasteiger partial charge in [-0.1, -0.05) is 41.4 Å². The lowest BCUT2D eigenvalue weighted by Crippen LogP contribution is -2.38. The second kappa shape index (κ2) is 7.47. The van der Waals surface area contributed by atoms with Crippen LogP contribution in [0.2, 0.25) is 10.0 Å². The molecular weight excluding hydrogens is 369 g/mol. The highest BCUT2D eigenvalue weighted by Gasteiger charge is 2.24. The van der Waals surface area contributed by atoms with Crippen LogP contribution in [0.5, 0.6) is 0 Å². The Morgan fingerprint density at radius 1 is 1.12 bits per heavy atom. The van der Waals surface area contributed by atoms with Crippen molar-refractivity contribution in [2.24, 2.45) is 5.92 Å². The molecule has 0 amide bonds. The van der Waals surface area contributed by atoms with E-state index in [-0.39, 0.29) is 6.61 Å². The summed E-state index contributed by atoms with van der Waals surface area (Å²) in [6.07, 6.45) is 2.14. The number of benzene rings is 2. The Labute approximate surface area is 163 Å². The maximum absolute atomic E-state index is 9.58. The van der Waals surface area contributed by atoms with Crippen LogP contribution in [0.25, 0.3) is 11.0 Å².